The van der Waals surface area contributed by atoms with Gasteiger partial charge < -0.3 is 20.1 Å². The summed E-state index contributed by atoms with van der Waals surface area (Å²) in [7, 11) is 0. The Hall–Kier alpha value is -1.30. The molecule has 6 nitrogen and oxygen atoms in total. The van der Waals surface area contributed by atoms with Gasteiger partial charge in [-0.3, -0.25) is 4.79 Å². The number of nitrogens with zero attached hydrogens (tertiary/aromatic N) is 1. The van der Waals surface area contributed by atoms with Gasteiger partial charge in [-0.15, -0.1) is 0 Å². The summed E-state index contributed by atoms with van der Waals surface area (Å²) in [5, 5.41) is 12.6. The molecule has 2 aliphatic heterocycles. The molecule has 2 N–H and O–H groups in total. The van der Waals surface area contributed by atoms with Gasteiger partial charge in [-0.25, -0.2) is 4.79 Å². The molecule has 0 radical (unpaired) electrons. The minimum atomic E-state index is -0.683. The van der Waals surface area contributed by atoms with Crippen molar-refractivity contribution >= 4 is 12.1 Å². The molecule has 2 fully saturated rings. The number of rotatable bonds is 2. The van der Waals surface area contributed by atoms with E-state index in [0.717, 1.165) is 19.4 Å². The Morgan fingerprint density at radius 1 is 1.18 bits per heavy atom. The first-order valence-electron chi connectivity index (χ1n) is 8.20. The fourth-order valence-electron chi connectivity index (χ4n) is 3.34. The van der Waals surface area contributed by atoms with Crippen LogP contribution in [0.3, 0.4) is 0 Å². The summed E-state index contributed by atoms with van der Waals surface area (Å²) in [4.78, 5) is 25.0. The highest BCUT2D eigenvalue weighted by atomic mass is 16.6. The monoisotopic (exact) mass is 312 g/mol. The zero-order valence-corrected chi connectivity index (χ0v) is 13.8. The summed E-state index contributed by atoms with van der Waals surface area (Å²) in [5.41, 5.74) is -0.465. The van der Waals surface area contributed by atoms with Gasteiger partial charge in [-0.2, -0.15) is 0 Å². The quantitative estimate of drug-likeness (QED) is 0.816. The number of carbonyl (C=O) groups excluding carboxylic acids is 1. The van der Waals surface area contributed by atoms with Crippen molar-refractivity contribution in [2.45, 2.75) is 58.1 Å². The fourth-order valence-corrected chi connectivity index (χ4v) is 3.34. The lowest BCUT2D eigenvalue weighted by Gasteiger charge is -2.39. The van der Waals surface area contributed by atoms with Gasteiger partial charge in [-0.05, 0) is 58.9 Å². The number of hydrogen-bond acceptors (Lipinski definition) is 4. The number of likely N-dealkylation sites (tertiary alicyclic amines) is 1. The van der Waals surface area contributed by atoms with Crippen molar-refractivity contribution in [1.82, 2.24) is 10.2 Å². The van der Waals surface area contributed by atoms with Crippen LogP contribution in [0.1, 0.15) is 46.5 Å². The lowest BCUT2D eigenvalue weighted by atomic mass is 9.81. The molecule has 0 bridgehead atoms. The molecule has 2 aliphatic rings. The highest BCUT2D eigenvalue weighted by Gasteiger charge is 2.34. The van der Waals surface area contributed by atoms with Crippen molar-refractivity contribution < 1.29 is 19.4 Å². The molecule has 2 rings (SSSR count). The van der Waals surface area contributed by atoms with Crippen LogP contribution in [-0.2, 0) is 9.53 Å². The molecule has 126 valence electrons. The maximum Gasteiger partial charge on any atom is 0.410 e. The van der Waals surface area contributed by atoms with Crippen LogP contribution in [-0.4, -0.2) is 53.3 Å². The van der Waals surface area contributed by atoms with Crippen molar-refractivity contribution in [3.8, 4) is 0 Å². The molecule has 2 unspecified atom stereocenters. The van der Waals surface area contributed by atoms with Crippen LogP contribution in [0.2, 0.25) is 0 Å². The van der Waals surface area contributed by atoms with Crippen molar-refractivity contribution in [3.63, 3.8) is 0 Å². The minimum Gasteiger partial charge on any atom is -0.481 e. The van der Waals surface area contributed by atoms with Gasteiger partial charge in [0.2, 0.25) is 0 Å². The number of hydrogen-bond donors (Lipinski definition) is 2. The number of ether oxygens (including phenoxy) is 1. The lowest BCUT2D eigenvalue weighted by Crippen LogP contribution is -2.49. The van der Waals surface area contributed by atoms with Gasteiger partial charge in [0.25, 0.3) is 0 Å². The molecule has 0 aromatic rings. The number of nitrogens with one attached hydrogen (secondary N) is 1. The summed E-state index contributed by atoms with van der Waals surface area (Å²) in [6.07, 6.45) is 2.98. The summed E-state index contributed by atoms with van der Waals surface area (Å²) in [5.74, 6) is -0.464. The first kappa shape index (κ1) is 17.1. The second-order valence-corrected chi connectivity index (χ2v) is 7.42. The second kappa shape index (κ2) is 6.86. The number of carboxylic acid groups (broad SMARTS) is 1. The molecule has 0 aromatic carbocycles. The average molecular weight is 312 g/mol. The first-order chi connectivity index (χ1) is 10.3. The number of carboxylic acids is 1. The van der Waals surface area contributed by atoms with Crippen LogP contribution in [0.25, 0.3) is 0 Å². The van der Waals surface area contributed by atoms with E-state index >= 15 is 0 Å². The Morgan fingerprint density at radius 2 is 1.82 bits per heavy atom. The van der Waals surface area contributed by atoms with Gasteiger partial charge in [0.1, 0.15) is 5.60 Å². The van der Waals surface area contributed by atoms with E-state index in [-0.39, 0.29) is 18.1 Å². The van der Waals surface area contributed by atoms with E-state index < -0.39 is 11.6 Å². The maximum atomic E-state index is 12.0. The zero-order chi connectivity index (χ0) is 16.3. The molecule has 0 spiro atoms. The van der Waals surface area contributed by atoms with Crippen molar-refractivity contribution in [3.05, 3.63) is 0 Å². The predicted octanol–water partition coefficient (Wildman–Crippen LogP) is 2.09. The number of piperidine rings is 2. The Balaban J connectivity index is 1.82. The molecular weight excluding hydrogens is 284 g/mol. The van der Waals surface area contributed by atoms with Crippen LogP contribution < -0.4 is 5.32 Å². The van der Waals surface area contributed by atoms with Gasteiger partial charge in [-0.1, -0.05) is 0 Å². The molecule has 2 saturated heterocycles. The second-order valence-electron chi connectivity index (χ2n) is 7.42. The van der Waals surface area contributed by atoms with Crippen LogP contribution in [0.4, 0.5) is 4.79 Å². The predicted molar refractivity (Wildman–Crippen MR) is 82.7 cm³/mol. The molecule has 0 aliphatic carbocycles. The third kappa shape index (κ3) is 4.60. The Labute approximate surface area is 132 Å². The zero-order valence-electron chi connectivity index (χ0n) is 13.8. The molecule has 22 heavy (non-hydrogen) atoms. The Kier molecular flexibility index (Phi) is 5.32. The molecular formula is C16H28N2O4. The van der Waals surface area contributed by atoms with Crippen LogP contribution in [0, 0.1) is 11.8 Å². The van der Waals surface area contributed by atoms with Gasteiger partial charge in [0, 0.05) is 19.1 Å². The number of amides is 1. The van der Waals surface area contributed by atoms with E-state index in [2.05, 4.69) is 5.32 Å². The van der Waals surface area contributed by atoms with E-state index in [1.165, 1.54) is 0 Å². The average Bonchev–Trinajstić information content (AvgIpc) is 2.46. The van der Waals surface area contributed by atoms with Crippen LogP contribution in [0.15, 0.2) is 0 Å². The van der Waals surface area contributed by atoms with Gasteiger partial charge in [0.15, 0.2) is 0 Å². The van der Waals surface area contributed by atoms with Gasteiger partial charge >= 0.3 is 12.1 Å². The molecule has 0 aromatic heterocycles. The van der Waals surface area contributed by atoms with E-state index in [4.69, 9.17) is 4.74 Å². The van der Waals surface area contributed by atoms with E-state index in [1.54, 1.807) is 4.90 Å². The highest BCUT2D eigenvalue weighted by Crippen LogP contribution is 2.28. The minimum absolute atomic E-state index is 0.227. The normalized spacial score (nSPS) is 27.5. The topological polar surface area (TPSA) is 78.9 Å². The maximum absolute atomic E-state index is 12.0. The summed E-state index contributed by atoms with van der Waals surface area (Å²) < 4.78 is 5.40. The molecule has 0 saturated carbocycles. The number of aliphatic carboxylic acids is 1. The van der Waals surface area contributed by atoms with Crippen molar-refractivity contribution in [2.75, 3.05) is 19.6 Å². The molecule has 1 amide bonds. The smallest absolute Gasteiger partial charge is 0.410 e. The summed E-state index contributed by atoms with van der Waals surface area (Å²) in [6, 6.07) is 0.260. The van der Waals surface area contributed by atoms with E-state index in [1.807, 2.05) is 20.8 Å². The van der Waals surface area contributed by atoms with Crippen LogP contribution in [0.5, 0.6) is 0 Å². The largest absolute Gasteiger partial charge is 0.481 e. The first-order valence-corrected chi connectivity index (χ1v) is 8.20. The Bertz CT molecular complexity index is 411. The number of carbonyl (C=O) groups is 2. The highest BCUT2D eigenvalue weighted by molar-refractivity contribution is 5.70. The molecule has 2 atom stereocenters. The van der Waals surface area contributed by atoms with Crippen LogP contribution >= 0.6 is 0 Å². The van der Waals surface area contributed by atoms with E-state index in [9.17, 15) is 14.7 Å². The van der Waals surface area contributed by atoms with E-state index in [0.29, 0.717) is 31.8 Å². The van der Waals surface area contributed by atoms with Crippen molar-refractivity contribution in [1.29, 1.82) is 0 Å². The standard InChI is InChI=1S/C16H28N2O4/c1-16(2,3)22-15(21)18-8-5-11(6-9-18)13-10-12(14(19)20)4-7-17-13/h11-13,17H,4-10H2,1-3H3,(H,19,20). The lowest BCUT2D eigenvalue weighted by molar-refractivity contribution is -0.143. The fraction of sp³-hybridized carbons (Fsp3) is 0.875. The molecule has 6 heteroatoms. The third-order valence-electron chi connectivity index (χ3n) is 4.55. The summed E-state index contributed by atoms with van der Waals surface area (Å²) >= 11 is 0. The Morgan fingerprint density at radius 3 is 2.36 bits per heavy atom. The summed E-state index contributed by atoms with van der Waals surface area (Å²) in [6.45, 7) is 7.76. The van der Waals surface area contributed by atoms with Gasteiger partial charge in [0.05, 0.1) is 5.92 Å². The third-order valence-corrected chi connectivity index (χ3v) is 4.55. The SMILES string of the molecule is CC(C)(C)OC(=O)N1CCC(C2CC(C(=O)O)CCN2)CC1. The van der Waals surface area contributed by atoms with Crippen molar-refractivity contribution in [2.24, 2.45) is 11.8 Å². The molecule has 2 heterocycles.